The first kappa shape index (κ1) is 18.9. The average Bonchev–Trinajstić information content (AvgIpc) is 2.65. The fourth-order valence-electron chi connectivity index (χ4n) is 3.06. The molecule has 0 bridgehead atoms. The number of rotatable bonds is 5. The van der Waals surface area contributed by atoms with E-state index < -0.39 is 0 Å². The number of benzene rings is 2. The number of carbonyl (C=O) groups excluding carboxylic acids is 1. The molecule has 1 aliphatic heterocycles. The normalized spacial score (nSPS) is 14.4. The Bertz CT molecular complexity index is 773. The third-order valence-corrected chi connectivity index (χ3v) is 5.29. The zero-order valence-corrected chi connectivity index (χ0v) is 16.4. The first-order valence-electron chi connectivity index (χ1n) is 8.81. The number of carbonyl (C=O) groups is 1. The molecule has 2 aromatic rings. The predicted octanol–water partition coefficient (Wildman–Crippen LogP) is 4.45. The molecule has 4 nitrogen and oxygen atoms in total. The van der Waals surface area contributed by atoms with Crippen molar-refractivity contribution in [3.63, 3.8) is 0 Å². The van der Waals surface area contributed by atoms with Crippen molar-refractivity contribution in [1.82, 2.24) is 4.90 Å². The number of nitrogens with zero attached hydrogens (tertiary/aromatic N) is 2. The molecule has 1 saturated heterocycles. The first-order valence-corrected chi connectivity index (χ1v) is 9.57. The summed E-state index contributed by atoms with van der Waals surface area (Å²) >= 11 is 12.2. The van der Waals surface area contributed by atoms with Crippen molar-refractivity contribution < 1.29 is 4.79 Å². The molecule has 3 rings (SSSR count). The average molecular weight is 392 g/mol. The van der Waals surface area contributed by atoms with E-state index in [-0.39, 0.29) is 5.91 Å². The van der Waals surface area contributed by atoms with Crippen molar-refractivity contribution in [3.8, 4) is 0 Å². The minimum atomic E-state index is 0.182. The summed E-state index contributed by atoms with van der Waals surface area (Å²) in [6.45, 7) is 5.70. The van der Waals surface area contributed by atoms with Gasteiger partial charge in [0, 0.05) is 60.6 Å². The van der Waals surface area contributed by atoms with Gasteiger partial charge < -0.3 is 15.1 Å². The van der Waals surface area contributed by atoms with Gasteiger partial charge in [-0.15, -0.1) is 0 Å². The molecule has 0 unspecified atom stereocenters. The Morgan fingerprint density at radius 3 is 2.54 bits per heavy atom. The first-order chi connectivity index (χ1) is 12.5. The molecule has 26 heavy (non-hydrogen) atoms. The van der Waals surface area contributed by atoms with Crippen molar-refractivity contribution in [1.29, 1.82) is 0 Å². The maximum atomic E-state index is 12.4. The highest BCUT2D eigenvalue weighted by Gasteiger charge is 2.21. The van der Waals surface area contributed by atoms with E-state index in [0.29, 0.717) is 13.0 Å². The van der Waals surface area contributed by atoms with Gasteiger partial charge in [0.25, 0.3) is 0 Å². The number of hydrogen-bond donors (Lipinski definition) is 1. The number of amides is 1. The molecule has 2 aromatic carbocycles. The van der Waals surface area contributed by atoms with Crippen LogP contribution in [0.3, 0.4) is 0 Å². The summed E-state index contributed by atoms with van der Waals surface area (Å²) in [6, 6.07) is 13.7. The van der Waals surface area contributed by atoms with E-state index in [4.69, 9.17) is 23.2 Å². The maximum absolute atomic E-state index is 12.4. The molecule has 0 saturated carbocycles. The quantitative estimate of drug-likeness (QED) is 0.817. The molecule has 0 radical (unpaired) electrons. The Morgan fingerprint density at radius 1 is 1.08 bits per heavy atom. The van der Waals surface area contributed by atoms with Crippen molar-refractivity contribution in [2.75, 3.05) is 42.9 Å². The molecule has 1 fully saturated rings. The summed E-state index contributed by atoms with van der Waals surface area (Å²) in [7, 11) is 0. The number of piperazine rings is 1. The summed E-state index contributed by atoms with van der Waals surface area (Å²) < 4.78 is 0. The maximum Gasteiger partial charge on any atom is 0.224 e. The zero-order chi connectivity index (χ0) is 18.5. The molecule has 0 spiro atoms. The van der Waals surface area contributed by atoms with E-state index in [9.17, 15) is 4.79 Å². The van der Waals surface area contributed by atoms with Crippen LogP contribution in [0.1, 0.15) is 12.0 Å². The second kappa shape index (κ2) is 8.65. The van der Waals surface area contributed by atoms with Crippen LogP contribution in [-0.2, 0) is 4.79 Å². The van der Waals surface area contributed by atoms with Gasteiger partial charge in [-0.05, 0) is 42.8 Å². The van der Waals surface area contributed by atoms with E-state index in [0.717, 1.165) is 53.2 Å². The second-order valence-corrected chi connectivity index (χ2v) is 7.33. The smallest absolute Gasteiger partial charge is 0.224 e. The number of hydrogen-bond acceptors (Lipinski definition) is 3. The van der Waals surface area contributed by atoms with Gasteiger partial charge in [0.05, 0.1) is 0 Å². The van der Waals surface area contributed by atoms with Gasteiger partial charge in [0.15, 0.2) is 0 Å². The minimum absolute atomic E-state index is 0.182. The molecular weight excluding hydrogens is 369 g/mol. The van der Waals surface area contributed by atoms with Crippen LogP contribution < -0.4 is 10.2 Å². The van der Waals surface area contributed by atoms with Crippen molar-refractivity contribution in [2.45, 2.75) is 13.3 Å². The molecule has 1 heterocycles. The standard InChI is InChI=1S/C20H23Cl2N3O/c1-15-5-6-17(14-19(15)22)23-8-7-20(26)25-11-9-24(10-12-25)18-4-2-3-16(21)13-18/h2-6,13-14,23H,7-12H2,1H3. The predicted molar refractivity (Wildman–Crippen MR) is 110 cm³/mol. The van der Waals surface area contributed by atoms with Crippen molar-refractivity contribution in [3.05, 3.63) is 58.1 Å². The molecule has 0 aromatic heterocycles. The van der Waals surface area contributed by atoms with Crippen LogP contribution in [0.25, 0.3) is 0 Å². The second-order valence-electron chi connectivity index (χ2n) is 6.49. The van der Waals surface area contributed by atoms with Crippen LogP contribution in [0, 0.1) is 6.92 Å². The van der Waals surface area contributed by atoms with E-state index in [1.54, 1.807) is 0 Å². The Balaban J connectivity index is 1.44. The molecule has 1 aliphatic rings. The molecule has 0 aliphatic carbocycles. The highest BCUT2D eigenvalue weighted by molar-refractivity contribution is 6.31. The van der Waals surface area contributed by atoms with Crippen LogP contribution in [0.5, 0.6) is 0 Å². The van der Waals surface area contributed by atoms with Gasteiger partial charge in [-0.25, -0.2) is 0 Å². The molecule has 6 heteroatoms. The lowest BCUT2D eigenvalue weighted by Gasteiger charge is -2.36. The molecule has 138 valence electrons. The minimum Gasteiger partial charge on any atom is -0.384 e. The highest BCUT2D eigenvalue weighted by Crippen LogP contribution is 2.21. The van der Waals surface area contributed by atoms with E-state index >= 15 is 0 Å². The Labute approximate surface area is 164 Å². The van der Waals surface area contributed by atoms with E-state index in [1.165, 1.54) is 0 Å². The summed E-state index contributed by atoms with van der Waals surface area (Å²) in [6.07, 6.45) is 0.475. The largest absolute Gasteiger partial charge is 0.384 e. The Kier molecular flexibility index (Phi) is 6.28. The summed E-state index contributed by atoms with van der Waals surface area (Å²) in [5.41, 5.74) is 3.10. The van der Waals surface area contributed by atoms with Gasteiger partial charge >= 0.3 is 0 Å². The fraction of sp³-hybridized carbons (Fsp3) is 0.350. The summed E-state index contributed by atoms with van der Waals surface area (Å²) in [5, 5.41) is 4.74. The third kappa shape index (κ3) is 4.83. The monoisotopic (exact) mass is 391 g/mol. The van der Waals surface area contributed by atoms with Gasteiger partial charge in [0.1, 0.15) is 0 Å². The van der Waals surface area contributed by atoms with Gasteiger partial charge in [0.2, 0.25) is 5.91 Å². The lowest BCUT2D eigenvalue weighted by molar-refractivity contribution is -0.131. The Morgan fingerprint density at radius 2 is 1.85 bits per heavy atom. The van der Waals surface area contributed by atoms with Crippen LogP contribution in [0.15, 0.2) is 42.5 Å². The van der Waals surface area contributed by atoms with Gasteiger partial charge in [-0.2, -0.15) is 0 Å². The lowest BCUT2D eigenvalue weighted by Crippen LogP contribution is -2.49. The van der Waals surface area contributed by atoms with E-state index in [2.05, 4.69) is 16.3 Å². The zero-order valence-electron chi connectivity index (χ0n) is 14.8. The van der Waals surface area contributed by atoms with Crippen molar-refractivity contribution in [2.24, 2.45) is 0 Å². The fourth-order valence-corrected chi connectivity index (χ4v) is 3.43. The third-order valence-electron chi connectivity index (χ3n) is 4.65. The van der Waals surface area contributed by atoms with Gasteiger partial charge in [-0.3, -0.25) is 4.79 Å². The molecular formula is C20H23Cl2N3O. The number of halogens is 2. The summed E-state index contributed by atoms with van der Waals surface area (Å²) in [4.78, 5) is 16.6. The summed E-state index contributed by atoms with van der Waals surface area (Å²) in [5.74, 6) is 0.182. The molecule has 1 amide bonds. The number of aryl methyl sites for hydroxylation is 1. The lowest BCUT2D eigenvalue weighted by atomic mass is 10.2. The van der Waals surface area contributed by atoms with Crippen LogP contribution in [0.2, 0.25) is 10.0 Å². The van der Waals surface area contributed by atoms with Crippen molar-refractivity contribution >= 4 is 40.5 Å². The van der Waals surface area contributed by atoms with Crippen LogP contribution in [-0.4, -0.2) is 43.5 Å². The highest BCUT2D eigenvalue weighted by atomic mass is 35.5. The van der Waals surface area contributed by atoms with Gasteiger partial charge in [-0.1, -0.05) is 35.3 Å². The number of anilines is 2. The molecule has 1 N–H and O–H groups in total. The SMILES string of the molecule is Cc1ccc(NCCC(=O)N2CCN(c3cccc(Cl)c3)CC2)cc1Cl. The Hall–Kier alpha value is -1.91. The molecule has 0 atom stereocenters. The van der Waals surface area contributed by atoms with Crippen LogP contribution in [0.4, 0.5) is 11.4 Å². The van der Waals surface area contributed by atoms with Crippen LogP contribution >= 0.6 is 23.2 Å². The topological polar surface area (TPSA) is 35.6 Å². The number of nitrogens with one attached hydrogen (secondary N) is 1. The van der Waals surface area contributed by atoms with E-state index in [1.807, 2.05) is 48.2 Å².